The van der Waals surface area contributed by atoms with Crippen LogP contribution in [0.25, 0.3) is 0 Å². The van der Waals surface area contributed by atoms with Crippen LogP contribution in [0.5, 0.6) is 0 Å². The molecule has 0 unspecified atom stereocenters. The molecule has 2 aromatic heterocycles. The van der Waals surface area contributed by atoms with Crippen LogP contribution in [0.15, 0.2) is 58.2 Å². The second kappa shape index (κ2) is 8.52. The molecule has 0 aliphatic carbocycles. The molecule has 0 fully saturated rings. The summed E-state index contributed by atoms with van der Waals surface area (Å²) < 4.78 is 15.0. The molecule has 0 saturated carbocycles. The number of thiophene rings is 1. The summed E-state index contributed by atoms with van der Waals surface area (Å²) in [6, 6.07) is 10.9. The maximum Gasteiger partial charge on any atom is 0.191 e. The highest BCUT2D eigenvalue weighted by Gasteiger charge is 2.06. The van der Waals surface area contributed by atoms with Gasteiger partial charge in [0.15, 0.2) is 5.16 Å². The second-order valence-corrected chi connectivity index (χ2v) is 8.05. The standard InChI is InChI=1S/C16H16FN3S3/c17-13-3-5-15(6-4-13)22-10-11-23-16-19-18-12-20(16)8-7-14-2-1-9-21-14/h1-6,9,12H,7-8,10-11H2. The van der Waals surface area contributed by atoms with Gasteiger partial charge in [-0.15, -0.1) is 33.3 Å². The number of hydrogen-bond donors (Lipinski definition) is 0. The summed E-state index contributed by atoms with van der Waals surface area (Å²) in [6.45, 7) is 0.904. The van der Waals surface area contributed by atoms with Crippen LogP contribution >= 0.6 is 34.9 Å². The fourth-order valence-corrected chi connectivity index (χ4v) is 4.54. The average molecular weight is 366 g/mol. The highest BCUT2D eigenvalue weighted by Crippen LogP contribution is 2.22. The second-order valence-electron chi connectivity index (χ2n) is 4.79. The van der Waals surface area contributed by atoms with E-state index < -0.39 is 0 Å². The van der Waals surface area contributed by atoms with Gasteiger partial charge in [0.2, 0.25) is 0 Å². The van der Waals surface area contributed by atoms with Crippen molar-refractivity contribution in [3.05, 3.63) is 58.8 Å². The zero-order valence-corrected chi connectivity index (χ0v) is 14.8. The lowest BCUT2D eigenvalue weighted by molar-refractivity contribution is 0.626. The topological polar surface area (TPSA) is 30.7 Å². The van der Waals surface area contributed by atoms with Crippen molar-refractivity contribution in [1.82, 2.24) is 14.8 Å². The third kappa shape index (κ3) is 5.09. The number of thioether (sulfide) groups is 2. The third-order valence-electron chi connectivity index (χ3n) is 3.16. The van der Waals surface area contributed by atoms with E-state index in [-0.39, 0.29) is 5.82 Å². The first-order valence-corrected chi connectivity index (χ1v) is 10.1. The van der Waals surface area contributed by atoms with Crippen LogP contribution in [-0.2, 0) is 13.0 Å². The quantitative estimate of drug-likeness (QED) is 0.431. The van der Waals surface area contributed by atoms with Crippen LogP contribution in [0.1, 0.15) is 4.88 Å². The number of nitrogens with zero attached hydrogens (tertiary/aromatic N) is 3. The highest BCUT2D eigenvalue weighted by atomic mass is 32.2. The molecule has 0 N–H and O–H groups in total. The van der Waals surface area contributed by atoms with Gasteiger partial charge in [-0.2, -0.15) is 0 Å². The predicted molar refractivity (Wildman–Crippen MR) is 95.9 cm³/mol. The average Bonchev–Trinajstić information content (AvgIpc) is 3.23. The Kier molecular flexibility index (Phi) is 6.13. The molecule has 3 rings (SSSR count). The normalized spacial score (nSPS) is 11.0. The zero-order chi connectivity index (χ0) is 15.9. The molecule has 0 bridgehead atoms. The first-order valence-electron chi connectivity index (χ1n) is 7.22. The summed E-state index contributed by atoms with van der Waals surface area (Å²) in [5, 5.41) is 11.3. The molecule has 0 amide bonds. The van der Waals surface area contributed by atoms with E-state index in [2.05, 4.69) is 32.3 Å². The fraction of sp³-hybridized carbons (Fsp3) is 0.250. The summed E-state index contributed by atoms with van der Waals surface area (Å²) in [7, 11) is 0. The number of aromatic nitrogens is 3. The number of rotatable bonds is 8. The summed E-state index contributed by atoms with van der Waals surface area (Å²) in [5.74, 6) is 1.70. The minimum Gasteiger partial charge on any atom is -0.308 e. The Hall–Kier alpha value is -1.31. The van der Waals surface area contributed by atoms with Crippen LogP contribution in [0, 0.1) is 5.82 Å². The molecule has 120 valence electrons. The third-order valence-corrected chi connectivity index (χ3v) is 6.35. The maximum atomic E-state index is 12.8. The molecule has 0 atom stereocenters. The molecular weight excluding hydrogens is 349 g/mol. The highest BCUT2D eigenvalue weighted by molar-refractivity contribution is 8.02. The Morgan fingerprint density at radius 1 is 1.09 bits per heavy atom. The van der Waals surface area contributed by atoms with Gasteiger partial charge in [-0.05, 0) is 42.1 Å². The Bertz CT molecular complexity index is 711. The lowest BCUT2D eigenvalue weighted by atomic mass is 10.3. The number of aryl methyl sites for hydroxylation is 2. The lowest BCUT2D eigenvalue weighted by Gasteiger charge is -2.05. The van der Waals surface area contributed by atoms with Gasteiger partial charge in [0.25, 0.3) is 0 Å². The summed E-state index contributed by atoms with van der Waals surface area (Å²) >= 11 is 5.22. The zero-order valence-electron chi connectivity index (χ0n) is 12.4. The Morgan fingerprint density at radius 2 is 1.91 bits per heavy atom. The molecule has 1 aromatic carbocycles. The lowest BCUT2D eigenvalue weighted by Crippen LogP contribution is -2.01. The smallest absolute Gasteiger partial charge is 0.191 e. The van der Waals surface area contributed by atoms with Crippen LogP contribution in [0.3, 0.4) is 0 Å². The first-order chi connectivity index (χ1) is 11.3. The largest absolute Gasteiger partial charge is 0.308 e. The number of benzene rings is 1. The molecule has 0 aliphatic heterocycles. The van der Waals surface area contributed by atoms with Gasteiger partial charge in [0.1, 0.15) is 12.1 Å². The van der Waals surface area contributed by atoms with Crippen molar-refractivity contribution in [2.45, 2.75) is 23.0 Å². The van der Waals surface area contributed by atoms with E-state index in [1.807, 2.05) is 12.1 Å². The minimum absolute atomic E-state index is 0.192. The van der Waals surface area contributed by atoms with Crippen molar-refractivity contribution < 1.29 is 4.39 Å². The van der Waals surface area contributed by atoms with Gasteiger partial charge >= 0.3 is 0 Å². The van der Waals surface area contributed by atoms with E-state index >= 15 is 0 Å². The van der Waals surface area contributed by atoms with Crippen LogP contribution in [0.4, 0.5) is 4.39 Å². The molecule has 0 spiro atoms. The molecule has 23 heavy (non-hydrogen) atoms. The van der Waals surface area contributed by atoms with E-state index in [1.165, 1.54) is 17.0 Å². The maximum absolute atomic E-state index is 12.8. The Morgan fingerprint density at radius 3 is 2.70 bits per heavy atom. The van der Waals surface area contributed by atoms with Crippen molar-refractivity contribution in [2.24, 2.45) is 0 Å². The van der Waals surface area contributed by atoms with Gasteiger partial charge in [-0.25, -0.2) is 4.39 Å². The fourth-order valence-electron chi connectivity index (χ4n) is 2.02. The van der Waals surface area contributed by atoms with Crippen molar-refractivity contribution in [3.8, 4) is 0 Å². The van der Waals surface area contributed by atoms with Gasteiger partial charge in [-0.3, -0.25) is 0 Å². The SMILES string of the molecule is Fc1ccc(SCCSc2nncn2CCc2cccs2)cc1. The minimum atomic E-state index is -0.192. The predicted octanol–water partition coefficient (Wildman–Crippen LogP) is 4.61. The first kappa shape index (κ1) is 16.5. The summed E-state index contributed by atoms with van der Waals surface area (Å²) in [6.07, 6.45) is 2.80. The summed E-state index contributed by atoms with van der Waals surface area (Å²) in [5.41, 5.74) is 0. The van der Waals surface area contributed by atoms with Crippen molar-refractivity contribution in [2.75, 3.05) is 11.5 Å². The van der Waals surface area contributed by atoms with E-state index in [1.54, 1.807) is 41.2 Å². The van der Waals surface area contributed by atoms with E-state index in [9.17, 15) is 4.39 Å². The molecule has 0 saturated heterocycles. The number of hydrogen-bond acceptors (Lipinski definition) is 5. The van der Waals surface area contributed by atoms with E-state index in [4.69, 9.17) is 0 Å². The van der Waals surface area contributed by atoms with Gasteiger partial charge in [0.05, 0.1) is 0 Å². The van der Waals surface area contributed by atoms with Gasteiger partial charge < -0.3 is 4.57 Å². The molecule has 2 heterocycles. The molecular formula is C16H16FN3S3. The van der Waals surface area contributed by atoms with Crippen molar-refractivity contribution >= 4 is 34.9 Å². The molecule has 3 aromatic rings. The molecule has 7 heteroatoms. The molecule has 0 radical (unpaired) electrons. The van der Waals surface area contributed by atoms with E-state index in [0.717, 1.165) is 34.5 Å². The Balaban J connectivity index is 1.43. The number of halogens is 1. The Labute approximate surface area is 147 Å². The van der Waals surface area contributed by atoms with E-state index in [0.29, 0.717) is 0 Å². The van der Waals surface area contributed by atoms with Crippen molar-refractivity contribution in [3.63, 3.8) is 0 Å². The van der Waals surface area contributed by atoms with Crippen molar-refractivity contribution in [1.29, 1.82) is 0 Å². The monoisotopic (exact) mass is 365 g/mol. The molecule has 0 aliphatic rings. The van der Waals surface area contributed by atoms with Gasteiger partial charge in [-0.1, -0.05) is 17.8 Å². The van der Waals surface area contributed by atoms with Gasteiger partial charge in [0, 0.05) is 27.8 Å². The molecule has 3 nitrogen and oxygen atoms in total. The van der Waals surface area contributed by atoms with Crippen LogP contribution < -0.4 is 0 Å². The van der Waals surface area contributed by atoms with Crippen LogP contribution in [-0.4, -0.2) is 26.3 Å². The van der Waals surface area contributed by atoms with Crippen LogP contribution in [0.2, 0.25) is 0 Å². The summed E-state index contributed by atoms with van der Waals surface area (Å²) in [4.78, 5) is 2.47.